The maximum Gasteiger partial charge on any atom is 0.338 e. The number of aromatic nitrogens is 1. The predicted octanol–water partition coefficient (Wildman–Crippen LogP) is 3.09. The largest absolute Gasteiger partial charge is 0.497 e. The lowest BCUT2D eigenvalue weighted by molar-refractivity contribution is -0.140. The normalized spacial score (nSPS) is 15.6. The molecule has 7 nitrogen and oxygen atoms in total. The molecule has 0 N–H and O–H groups in total. The minimum absolute atomic E-state index is 0.0956. The molecule has 1 unspecified atom stereocenters. The Labute approximate surface area is 205 Å². The van der Waals surface area contributed by atoms with Crippen molar-refractivity contribution in [1.82, 2.24) is 4.57 Å². The van der Waals surface area contributed by atoms with Crippen molar-refractivity contribution >= 4 is 35.0 Å². The molecule has 0 aliphatic carbocycles. The van der Waals surface area contributed by atoms with Crippen LogP contribution in [0.5, 0.6) is 5.75 Å². The maximum atomic E-state index is 13.6. The van der Waals surface area contributed by atoms with Gasteiger partial charge in [0, 0.05) is 12.1 Å². The molecule has 2 heterocycles. The quantitative estimate of drug-likeness (QED) is 0.369. The number of thiazole rings is 1. The van der Waals surface area contributed by atoms with Gasteiger partial charge in [0.15, 0.2) is 4.80 Å². The number of hydrogen-bond donors (Lipinski definition) is 0. The smallest absolute Gasteiger partial charge is 0.338 e. The van der Waals surface area contributed by atoms with Gasteiger partial charge in [-0.2, -0.15) is 0 Å². The van der Waals surface area contributed by atoms with E-state index in [1.165, 1.54) is 23.0 Å². The number of ether oxygens (including phenoxy) is 3. The van der Waals surface area contributed by atoms with Gasteiger partial charge in [-0.05, 0) is 42.3 Å². The van der Waals surface area contributed by atoms with Crippen molar-refractivity contribution in [2.24, 2.45) is 4.99 Å². The fourth-order valence-corrected chi connectivity index (χ4v) is 4.94. The first-order chi connectivity index (χ1) is 16.4. The lowest BCUT2D eigenvalue weighted by Crippen LogP contribution is -2.40. The molecular weight excluding hydrogens is 476 g/mol. The lowest BCUT2D eigenvalue weighted by atomic mass is 9.96. The van der Waals surface area contributed by atoms with Crippen molar-refractivity contribution in [3.05, 3.63) is 95.6 Å². The van der Waals surface area contributed by atoms with Gasteiger partial charge < -0.3 is 14.2 Å². The second kappa shape index (κ2) is 10.4. The van der Waals surface area contributed by atoms with Crippen LogP contribution in [0.25, 0.3) is 6.08 Å². The van der Waals surface area contributed by atoms with Crippen LogP contribution < -0.4 is 19.6 Å². The highest BCUT2D eigenvalue weighted by Crippen LogP contribution is 2.31. The van der Waals surface area contributed by atoms with Crippen LogP contribution in [0.15, 0.2) is 69.6 Å². The zero-order valence-corrected chi connectivity index (χ0v) is 20.5. The predicted molar refractivity (Wildman–Crippen MR) is 131 cm³/mol. The summed E-state index contributed by atoms with van der Waals surface area (Å²) in [6.45, 7) is 2.11. The number of carbonyl (C=O) groups excluding carboxylic acids is 1. The van der Waals surface area contributed by atoms with Crippen molar-refractivity contribution < 1.29 is 19.0 Å². The number of carbonyl (C=O) groups is 1. The van der Waals surface area contributed by atoms with Gasteiger partial charge in [-0.3, -0.25) is 9.36 Å². The van der Waals surface area contributed by atoms with E-state index in [2.05, 4.69) is 4.99 Å². The molecule has 34 heavy (non-hydrogen) atoms. The average Bonchev–Trinajstić information content (AvgIpc) is 3.14. The van der Waals surface area contributed by atoms with Gasteiger partial charge in [-0.15, -0.1) is 0 Å². The standard InChI is InChI=1S/C25H23ClN2O5S/c1-15-21(24(30)33-13-12-31-2)22(16-8-10-18(32-3)11-9-16)28-23(29)20(34-25(28)27-15)14-17-6-4-5-7-19(17)26/h4-11,14,22H,12-13H2,1-3H3. The first-order valence-corrected chi connectivity index (χ1v) is 11.7. The molecule has 0 saturated carbocycles. The Kier molecular flexibility index (Phi) is 7.31. The van der Waals surface area contributed by atoms with Crippen molar-refractivity contribution in [2.45, 2.75) is 13.0 Å². The lowest BCUT2D eigenvalue weighted by Gasteiger charge is -2.25. The highest BCUT2D eigenvalue weighted by Gasteiger charge is 2.33. The number of methoxy groups -OCH3 is 2. The van der Waals surface area contributed by atoms with E-state index in [1.807, 2.05) is 30.3 Å². The molecule has 1 aliphatic heterocycles. The zero-order valence-electron chi connectivity index (χ0n) is 18.9. The van der Waals surface area contributed by atoms with Gasteiger partial charge in [0.25, 0.3) is 5.56 Å². The third-order valence-electron chi connectivity index (χ3n) is 5.39. The second-order valence-corrected chi connectivity index (χ2v) is 8.92. The van der Waals surface area contributed by atoms with Crippen molar-refractivity contribution in [2.75, 3.05) is 27.4 Å². The minimum atomic E-state index is -0.703. The minimum Gasteiger partial charge on any atom is -0.497 e. The van der Waals surface area contributed by atoms with Gasteiger partial charge in [-0.1, -0.05) is 53.3 Å². The molecule has 0 saturated heterocycles. The third-order valence-corrected chi connectivity index (χ3v) is 6.71. The molecule has 0 spiro atoms. The monoisotopic (exact) mass is 498 g/mol. The number of rotatable bonds is 7. The SMILES string of the molecule is COCCOC(=O)C1=C(C)N=c2sc(=Cc3ccccc3Cl)c(=O)n2C1c1ccc(OC)cc1. The number of allylic oxidation sites excluding steroid dienone is 1. The summed E-state index contributed by atoms with van der Waals surface area (Å²) in [6, 6.07) is 13.8. The molecule has 0 amide bonds. The number of benzene rings is 2. The summed E-state index contributed by atoms with van der Waals surface area (Å²) in [5.74, 6) is 0.124. The third kappa shape index (κ3) is 4.70. The Morgan fingerprint density at radius 1 is 1.15 bits per heavy atom. The Hall–Kier alpha value is -3.20. The Bertz CT molecular complexity index is 1420. The fraction of sp³-hybridized carbons (Fsp3) is 0.240. The molecule has 0 bridgehead atoms. The van der Waals surface area contributed by atoms with Crippen LogP contribution in [0.4, 0.5) is 0 Å². The Morgan fingerprint density at radius 3 is 2.56 bits per heavy atom. The summed E-state index contributed by atoms with van der Waals surface area (Å²) in [7, 11) is 3.11. The summed E-state index contributed by atoms with van der Waals surface area (Å²) in [4.78, 5) is 31.8. The summed E-state index contributed by atoms with van der Waals surface area (Å²) in [6.07, 6.45) is 1.74. The molecule has 1 aromatic heterocycles. The number of esters is 1. The molecule has 3 aromatic rings. The van der Waals surface area contributed by atoms with E-state index < -0.39 is 12.0 Å². The van der Waals surface area contributed by atoms with Crippen LogP contribution in [0, 0.1) is 0 Å². The average molecular weight is 499 g/mol. The van der Waals surface area contributed by atoms with Gasteiger partial charge in [0.1, 0.15) is 12.4 Å². The Morgan fingerprint density at radius 2 is 1.88 bits per heavy atom. The van der Waals surface area contributed by atoms with Crippen LogP contribution in [-0.2, 0) is 14.3 Å². The molecule has 0 fully saturated rings. The molecule has 2 aromatic carbocycles. The molecule has 1 aliphatic rings. The molecular formula is C25H23ClN2O5S. The Balaban J connectivity index is 1.89. The van der Waals surface area contributed by atoms with E-state index in [4.69, 9.17) is 25.8 Å². The molecule has 1 atom stereocenters. The van der Waals surface area contributed by atoms with Crippen LogP contribution >= 0.6 is 22.9 Å². The molecule has 176 valence electrons. The molecule has 0 radical (unpaired) electrons. The first-order valence-electron chi connectivity index (χ1n) is 10.5. The zero-order chi connectivity index (χ0) is 24.2. The van der Waals surface area contributed by atoms with Crippen LogP contribution in [-0.4, -0.2) is 38.0 Å². The summed E-state index contributed by atoms with van der Waals surface area (Å²) in [5, 5.41) is 0.540. The summed E-state index contributed by atoms with van der Waals surface area (Å²) in [5.41, 5.74) is 2.00. The highest BCUT2D eigenvalue weighted by atomic mass is 35.5. The van der Waals surface area contributed by atoms with E-state index in [9.17, 15) is 9.59 Å². The van der Waals surface area contributed by atoms with E-state index in [0.29, 0.717) is 31.4 Å². The van der Waals surface area contributed by atoms with Gasteiger partial charge >= 0.3 is 5.97 Å². The van der Waals surface area contributed by atoms with Gasteiger partial charge in [0.05, 0.1) is 35.6 Å². The topological polar surface area (TPSA) is 79.1 Å². The summed E-state index contributed by atoms with van der Waals surface area (Å²) < 4.78 is 17.7. The van der Waals surface area contributed by atoms with E-state index in [-0.39, 0.29) is 18.8 Å². The van der Waals surface area contributed by atoms with Crippen molar-refractivity contribution in [3.8, 4) is 5.75 Å². The summed E-state index contributed by atoms with van der Waals surface area (Å²) >= 11 is 7.55. The van der Waals surface area contributed by atoms with E-state index in [1.54, 1.807) is 38.3 Å². The number of hydrogen-bond acceptors (Lipinski definition) is 7. The number of fused-ring (bicyclic) bond motifs is 1. The van der Waals surface area contributed by atoms with Crippen LogP contribution in [0.2, 0.25) is 5.02 Å². The van der Waals surface area contributed by atoms with E-state index >= 15 is 0 Å². The van der Waals surface area contributed by atoms with Gasteiger partial charge in [-0.25, -0.2) is 9.79 Å². The van der Waals surface area contributed by atoms with Gasteiger partial charge in [0.2, 0.25) is 0 Å². The maximum absolute atomic E-state index is 13.6. The molecule has 9 heteroatoms. The number of halogens is 1. The van der Waals surface area contributed by atoms with Crippen molar-refractivity contribution in [1.29, 1.82) is 0 Å². The fourth-order valence-electron chi connectivity index (χ4n) is 3.71. The highest BCUT2D eigenvalue weighted by molar-refractivity contribution is 7.07. The second-order valence-electron chi connectivity index (χ2n) is 7.51. The van der Waals surface area contributed by atoms with Crippen LogP contribution in [0.1, 0.15) is 24.1 Å². The van der Waals surface area contributed by atoms with E-state index in [0.717, 1.165) is 11.1 Å². The first kappa shape index (κ1) is 23.9. The molecule has 4 rings (SSSR count). The van der Waals surface area contributed by atoms with Crippen molar-refractivity contribution in [3.63, 3.8) is 0 Å². The number of nitrogens with zero attached hydrogens (tertiary/aromatic N) is 2. The van der Waals surface area contributed by atoms with Crippen LogP contribution in [0.3, 0.4) is 0 Å².